The van der Waals surface area contributed by atoms with Gasteiger partial charge in [0.05, 0.1) is 22.5 Å². The predicted octanol–water partition coefficient (Wildman–Crippen LogP) is 15.4. The molecule has 0 aliphatic rings. The first-order valence-corrected chi connectivity index (χ1v) is 30.4. The van der Waals surface area contributed by atoms with Crippen LogP contribution in [0.5, 0.6) is 0 Å². The van der Waals surface area contributed by atoms with Gasteiger partial charge in [0.15, 0.2) is 0 Å². The smallest absolute Gasteiger partial charge is 0 e. The van der Waals surface area contributed by atoms with E-state index < -0.39 is 19.2 Å². The molecule has 4 nitrogen and oxygen atoms in total. The summed E-state index contributed by atoms with van der Waals surface area (Å²) in [6.07, 6.45) is 2.04. The number of fused-ring (bicyclic) bond motifs is 5. The van der Waals surface area contributed by atoms with Crippen molar-refractivity contribution in [2.45, 2.75) is 49.9 Å². The molecule has 0 aliphatic heterocycles. The maximum Gasteiger partial charge on any atom is 0 e. The molecule has 11 rings (SSSR count). The van der Waals surface area contributed by atoms with Crippen molar-refractivity contribution in [2.75, 3.05) is 0 Å². The zero-order chi connectivity index (χ0) is 45.6. The van der Waals surface area contributed by atoms with Gasteiger partial charge in [-0.25, -0.2) is 4.98 Å². The average molecular weight is 1110 g/mol. The zero-order valence-corrected chi connectivity index (χ0v) is 43.2. The number of pyridine rings is 2. The molecule has 1 radical (unpaired) electrons. The Morgan fingerprint density at radius 2 is 1.41 bits per heavy atom. The van der Waals surface area contributed by atoms with Crippen LogP contribution in [0.3, 0.4) is 0 Å². The minimum absolute atomic E-state index is 0. The number of hydrogen-bond donors (Lipinski definition) is 0. The molecule has 327 valence electrons. The van der Waals surface area contributed by atoms with Gasteiger partial charge in [0.1, 0.15) is 4.83 Å². The number of aryl methyl sites for hydroxylation is 1. The van der Waals surface area contributed by atoms with E-state index >= 15 is 0 Å². The van der Waals surface area contributed by atoms with E-state index in [-0.39, 0.29) is 26.0 Å². The molecule has 0 N–H and O–H groups in total. The van der Waals surface area contributed by atoms with Crippen molar-refractivity contribution in [3.8, 4) is 39.5 Å². The quantitative estimate of drug-likeness (QED) is 0.112. The monoisotopic (exact) mass is 1110 g/mol. The Kier molecular flexibility index (Phi) is 12.7. The van der Waals surface area contributed by atoms with Crippen molar-refractivity contribution in [3.63, 3.8) is 0 Å². The van der Waals surface area contributed by atoms with Gasteiger partial charge < -0.3 is 4.57 Å². The molecule has 7 heteroatoms. The first-order chi connectivity index (χ1) is 32.0. The van der Waals surface area contributed by atoms with Crippen molar-refractivity contribution in [1.82, 2.24) is 19.5 Å². The summed E-state index contributed by atoms with van der Waals surface area (Å²) in [5.41, 5.74) is 11.7. The van der Waals surface area contributed by atoms with Gasteiger partial charge in [0.2, 0.25) is 0 Å². The number of para-hydroxylation sites is 2. The predicted molar refractivity (Wildman–Crippen MR) is 278 cm³/mol. The Morgan fingerprint density at radius 3 is 2.18 bits per heavy atom. The van der Waals surface area contributed by atoms with Crippen LogP contribution in [0, 0.1) is 19.1 Å². The molecule has 0 amide bonds. The fourth-order valence-electron chi connectivity index (χ4n) is 8.95. The standard InChI is InChI=1S/C35H22N3S.C24H28GeN.Ir/c1-22-18-20-28-27-14-9-15-29(33(27)39-35(28)36-22)34-37-30-16-7-8-17-31(30)38(34)32-25-13-6-5-12-24(25)19-21-26(32)23-10-3-2-4-11-23;1-18(20-12-8-6-9-13-20)19(2)22-16-24(21-14-10-7-11-15-21)26-17-23(22)25(3,4)5;/h2-14,16-21H,1H3;6-14,16-19H,1-5H3;/q2*-1;/i;19D;. The number of aromatic nitrogens is 4. The van der Waals surface area contributed by atoms with Gasteiger partial charge in [-0.1, -0.05) is 95.9 Å². The normalized spacial score (nSPS) is 13.2. The van der Waals surface area contributed by atoms with E-state index in [2.05, 4.69) is 187 Å². The van der Waals surface area contributed by atoms with Gasteiger partial charge in [0.25, 0.3) is 0 Å². The second-order valence-corrected chi connectivity index (χ2v) is 29.3. The molecule has 66 heavy (non-hydrogen) atoms. The van der Waals surface area contributed by atoms with E-state index in [0.717, 1.165) is 60.2 Å². The summed E-state index contributed by atoms with van der Waals surface area (Å²) in [6, 6.07) is 67.9. The van der Waals surface area contributed by atoms with E-state index in [1.54, 1.807) is 11.3 Å². The Balaban J connectivity index is 0.000000178. The Hall–Kier alpha value is -6.02. The number of imidazole rings is 1. The summed E-state index contributed by atoms with van der Waals surface area (Å²) in [7, 11) is 0. The number of thiophene rings is 1. The number of hydrogen-bond acceptors (Lipinski definition) is 4. The maximum absolute atomic E-state index is 9.38. The van der Waals surface area contributed by atoms with Gasteiger partial charge in [-0.05, 0) is 46.2 Å². The first-order valence-electron chi connectivity index (χ1n) is 22.8. The van der Waals surface area contributed by atoms with Crippen LogP contribution in [-0.4, -0.2) is 32.8 Å². The molecule has 0 aliphatic carbocycles. The SMILES string of the molecule is Cc1ccc2c(n1)sc1c(-c3nc4ccccc4n3-c3c(-c4ccccc4)ccc4ccccc34)[c-]ccc12.[2H]C(C)(c1cc(-c2[c-]cccc2)nc[c]1[Ge]([CH3])([CH3])[CH3])C(C)c1ccccc1.[Ir]. The van der Waals surface area contributed by atoms with Gasteiger partial charge in [-0.15, -0.1) is 18.2 Å². The topological polar surface area (TPSA) is 43.6 Å². The molecule has 2 atom stereocenters. The molecular formula is C59H50GeIrN4S-2. The van der Waals surface area contributed by atoms with Gasteiger partial charge in [-0.2, -0.15) is 11.3 Å². The van der Waals surface area contributed by atoms with Gasteiger partial charge in [0, 0.05) is 36.7 Å². The third kappa shape index (κ3) is 8.71. The molecule has 0 bridgehead atoms. The van der Waals surface area contributed by atoms with Crippen LogP contribution < -0.4 is 4.40 Å². The molecule has 2 unspecified atom stereocenters. The number of nitrogens with zero attached hydrogens (tertiary/aromatic N) is 4. The number of benzene rings is 7. The summed E-state index contributed by atoms with van der Waals surface area (Å²) in [5.74, 6) is 7.35. The van der Waals surface area contributed by atoms with Crippen LogP contribution in [-0.2, 0) is 20.1 Å². The van der Waals surface area contributed by atoms with E-state index in [1.807, 2.05) is 49.5 Å². The fourth-order valence-corrected chi connectivity index (χ4v) is 13.4. The largest absolute Gasteiger partial charge is 0 e. The Morgan fingerprint density at radius 1 is 0.682 bits per heavy atom. The zero-order valence-electron chi connectivity index (χ0n) is 38.9. The molecule has 0 fully saturated rings. The van der Waals surface area contributed by atoms with Crippen molar-refractivity contribution in [2.24, 2.45) is 0 Å². The summed E-state index contributed by atoms with van der Waals surface area (Å²) in [6.45, 7) is 6.26. The third-order valence-electron chi connectivity index (χ3n) is 12.5. The molecule has 11 aromatic rings. The summed E-state index contributed by atoms with van der Waals surface area (Å²) in [5, 5.41) is 4.74. The van der Waals surface area contributed by atoms with Crippen LogP contribution in [0.15, 0.2) is 182 Å². The van der Waals surface area contributed by atoms with Crippen molar-refractivity contribution >= 4 is 71.1 Å². The Bertz CT molecular complexity index is 3530. The molecule has 0 spiro atoms. The maximum atomic E-state index is 9.38. The van der Waals surface area contributed by atoms with E-state index in [4.69, 9.17) is 15.0 Å². The molecule has 4 heterocycles. The van der Waals surface area contributed by atoms with E-state index in [1.165, 1.54) is 42.6 Å². The minimum atomic E-state index is -2.20. The molecule has 7 aromatic carbocycles. The second-order valence-electron chi connectivity index (χ2n) is 17.8. The number of rotatable bonds is 8. The summed E-state index contributed by atoms with van der Waals surface area (Å²) < 4.78 is 14.2. The molecular weight excluding hydrogens is 1060 g/mol. The summed E-state index contributed by atoms with van der Waals surface area (Å²) >= 11 is -0.480. The molecule has 4 aromatic heterocycles. The summed E-state index contributed by atoms with van der Waals surface area (Å²) in [4.78, 5) is 15.9. The van der Waals surface area contributed by atoms with Crippen molar-refractivity contribution in [3.05, 3.63) is 211 Å². The van der Waals surface area contributed by atoms with Crippen LogP contribution in [0.4, 0.5) is 0 Å². The third-order valence-corrected chi connectivity index (χ3v) is 17.9. The van der Waals surface area contributed by atoms with E-state index in [0.29, 0.717) is 0 Å². The van der Waals surface area contributed by atoms with Crippen molar-refractivity contribution < 1.29 is 21.5 Å². The van der Waals surface area contributed by atoms with Gasteiger partial charge in [-0.3, -0.25) is 4.98 Å². The second kappa shape index (κ2) is 19.1. The van der Waals surface area contributed by atoms with Crippen LogP contribution in [0.1, 0.15) is 43.9 Å². The van der Waals surface area contributed by atoms with Crippen LogP contribution in [0.25, 0.3) is 81.6 Å². The molecule has 0 saturated carbocycles. The Labute approximate surface area is 409 Å². The van der Waals surface area contributed by atoms with Crippen LogP contribution in [0.2, 0.25) is 17.3 Å². The van der Waals surface area contributed by atoms with E-state index in [9.17, 15) is 1.37 Å². The van der Waals surface area contributed by atoms with Crippen LogP contribution >= 0.6 is 11.3 Å². The minimum Gasteiger partial charge on any atom is 0 e. The molecule has 0 saturated heterocycles. The van der Waals surface area contributed by atoms with Gasteiger partial charge >= 0.3 is 162 Å². The van der Waals surface area contributed by atoms with Crippen molar-refractivity contribution in [1.29, 1.82) is 0 Å². The first kappa shape index (κ1) is 43.9. The fraction of sp³-hybridized carbons (Fsp3) is 0.136. The average Bonchev–Trinajstić information content (AvgIpc) is 3.92.